The monoisotopic (exact) mass is 271 g/mol. The van der Waals surface area contributed by atoms with Crippen LogP contribution in [0.2, 0.25) is 0 Å². The summed E-state index contributed by atoms with van der Waals surface area (Å²) in [7, 11) is 2.01. The molecule has 1 N–H and O–H groups in total. The minimum absolute atomic E-state index is 0.263. The Bertz CT molecular complexity index is 557. The van der Waals surface area contributed by atoms with E-state index in [1.54, 1.807) is 0 Å². The molecule has 1 aromatic heterocycles. The number of imidazole rings is 1. The van der Waals surface area contributed by atoms with Crippen LogP contribution in [0.4, 0.5) is 0 Å². The maximum Gasteiger partial charge on any atom is 0.126 e. The molecule has 0 aliphatic carbocycles. The van der Waals surface area contributed by atoms with Crippen molar-refractivity contribution in [2.45, 2.75) is 46.2 Å². The van der Waals surface area contributed by atoms with Crippen molar-refractivity contribution in [1.82, 2.24) is 14.9 Å². The number of nitrogens with one attached hydrogen (secondary N) is 1. The normalized spacial score (nSPS) is 12.6. The van der Waals surface area contributed by atoms with E-state index in [1.165, 1.54) is 16.7 Å². The summed E-state index contributed by atoms with van der Waals surface area (Å²) in [4.78, 5) is 4.54. The van der Waals surface area contributed by atoms with E-state index in [0.29, 0.717) is 0 Å². The highest BCUT2D eigenvalue weighted by Crippen LogP contribution is 2.19. The molecule has 0 saturated heterocycles. The molecule has 108 valence electrons. The van der Waals surface area contributed by atoms with Gasteiger partial charge in [0.25, 0.3) is 0 Å². The Morgan fingerprint density at radius 3 is 2.70 bits per heavy atom. The van der Waals surface area contributed by atoms with Crippen molar-refractivity contribution < 1.29 is 0 Å². The number of benzene rings is 1. The van der Waals surface area contributed by atoms with Crippen molar-refractivity contribution in [1.29, 1.82) is 0 Å². The second-order valence-electron chi connectivity index (χ2n) is 5.44. The van der Waals surface area contributed by atoms with E-state index in [0.717, 1.165) is 25.2 Å². The summed E-state index contributed by atoms with van der Waals surface area (Å²) in [5, 5.41) is 3.40. The first-order valence-electron chi connectivity index (χ1n) is 7.40. The minimum atomic E-state index is 0.263. The zero-order chi connectivity index (χ0) is 14.5. The first-order chi connectivity index (χ1) is 9.65. The SMILES string of the molecule is CCCn1ccnc1C(Cc1ccc(C)c(C)c1)NC. The van der Waals surface area contributed by atoms with E-state index < -0.39 is 0 Å². The molecular formula is C17H25N3. The highest BCUT2D eigenvalue weighted by molar-refractivity contribution is 5.30. The molecule has 0 spiro atoms. The Morgan fingerprint density at radius 1 is 1.25 bits per heavy atom. The zero-order valence-electron chi connectivity index (χ0n) is 13.0. The lowest BCUT2D eigenvalue weighted by molar-refractivity contribution is 0.512. The molecule has 0 aliphatic heterocycles. The van der Waals surface area contributed by atoms with Gasteiger partial charge in [-0.05, 0) is 50.4 Å². The highest BCUT2D eigenvalue weighted by Gasteiger charge is 2.15. The van der Waals surface area contributed by atoms with Gasteiger partial charge in [-0.2, -0.15) is 0 Å². The van der Waals surface area contributed by atoms with Crippen molar-refractivity contribution in [3.05, 3.63) is 53.1 Å². The molecule has 0 saturated carbocycles. The van der Waals surface area contributed by atoms with Gasteiger partial charge in [-0.1, -0.05) is 25.1 Å². The molecule has 3 nitrogen and oxygen atoms in total. The average Bonchev–Trinajstić information content (AvgIpc) is 2.88. The first-order valence-corrected chi connectivity index (χ1v) is 7.40. The van der Waals surface area contributed by atoms with Gasteiger partial charge in [0.15, 0.2) is 0 Å². The van der Waals surface area contributed by atoms with Crippen LogP contribution in [0.3, 0.4) is 0 Å². The molecule has 3 heteroatoms. The Hall–Kier alpha value is -1.61. The number of rotatable bonds is 6. The van der Waals surface area contributed by atoms with Crippen molar-refractivity contribution >= 4 is 0 Å². The largest absolute Gasteiger partial charge is 0.334 e. The van der Waals surface area contributed by atoms with E-state index in [2.05, 4.69) is 60.0 Å². The Labute approximate surface area is 122 Å². The maximum atomic E-state index is 4.54. The Morgan fingerprint density at radius 2 is 2.05 bits per heavy atom. The van der Waals surface area contributed by atoms with E-state index in [9.17, 15) is 0 Å². The van der Waals surface area contributed by atoms with Crippen LogP contribution in [-0.4, -0.2) is 16.6 Å². The molecule has 0 bridgehead atoms. The molecule has 2 aromatic rings. The summed E-state index contributed by atoms with van der Waals surface area (Å²) >= 11 is 0. The fraction of sp³-hybridized carbons (Fsp3) is 0.471. The fourth-order valence-electron chi connectivity index (χ4n) is 2.55. The third-order valence-corrected chi connectivity index (χ3v) is 3.88. The van der Waals surface area contributed by atoms with Crippen molar-refractivity contribution in [3.8, 4) is 0 Å². The van der Waals surface area contributed by atoms with E-state index in [4.69, 9.17) is 0 Å². The van der Waals surface area contributed by atoms with Crippen LogP contribution in [0.5, 0.6) is 0 Å². The van der Waals surface area contributed by atoms with Gasteiger partial charge >= 0.3 is 0 Å². The zero-order valence-corrected chi connectivity index (χ0v) is 13.0. The molecule has 0 aliphatic rings. The van der Waals surface area contributed by atoms with E-state index in [-0.39, 0.29) is 6.04 Å². The molecule has 0 amide bonds. The number of nitrogens with zero attached hydrogens (tertiary/aromatic N) is 2. The number of likely N-dealkylation sites (N-methyl/N-ethyl adjacent to an activating group) is 1. The molecule has 0 radical (unpaired) electrons. The first kappa shape index (κ1) is 14.8. The lowest BCUT2D eigenvalue weighted by Gasteiger charge is -2.18. The fourth-order valence-corrected chi connectivity index (χ4v) is 2.55. The third-order valence-electron chi connectivity index (χ3n) is 3.88. The summed E-state index contributed by atoms with van der Waals surface area (Å²) in [5.41, 5.74) is 4.06. The lowest BCUT2D eigenvalue weighted by Crippen LogP contribution is -2.23. The molecule has 20 heavy (non-hydrogen) atoms. The Kier molecular flexibility index (Phi) is 4.96. The summed E-state index contributed by atoms with van der Waals surface area (Å²) in [6, 6.07) is 6.97. The molecular weight excluding hydrogens is 246 g/mol. The van der Waals surface area contributed by atoms with Crippen LogP contribution in [-0.2, 0) is 13.0 Å². The van der Waals surface area contributed by atoms with Gasteiger partial charge in [-0.3, -0.25) is 0 Å². The topological polar surface area (TPSA) is 29.9 Å². The number of aromatic nitrogens is 2. The third kappa shape index (κ3) is 3.28. The van der Waals surface area contributed by atoms with Crippen LogP contribution < -0.4 is 5.32 Å². The van der Waals surface area contributed by atoms with Gasteiger partial charge in [-0.25, -0.2) is 4.98 Å². The summed E-state index contributed by atoms with van der Waals surface area (Å²) in [6.07, 6.45) is 6.07. The summed E-state index contributed by atoms with van der Waals surface area (Å²) < 4.78 is 2.25. The van der Waals surface area contributed by atoms with Crippen LogP contribution in [0.1, 0.15) is 41.9 Å². The van der Waals surface area contributed by atoms with Crippen molar-refractivity contribution in [3.63, 3.8) is 0 Å². The van der Waals surface area contributed by atoms with E-state index in [1.807, 2.05) is 13.2 Å². The van der Waals surface area contributed by atoms with E-state index >= 15 is 0 Å². The second kappa shape index (κ2) is 6.71. The van der Waals surface area contributed by atoms with Crippen molar-refractivity contribution in [2.24, 2.45) is 0 Å². The van der Waals surface area contributed by atoms with Gasteiger partial charge in [0.1, 0.15) is 5.82 Å². The van der Waals surface area contributed by atoms with Crippen molar-refractivity contribution in [2.75, 3.05) is 7.05 Å². The predicted molar refractivity (Wildman–Crippen MR) is 83.9 cm³/mol. The molecule has 1 heterocycles. The quantitative estimate of drug-likeness (QED) is 0.872. The number of hydrogen-bond acceptors (Lipinski definition) is 2. The summed E-state index contributed by atoms with van der Waals surface area (Å²) in [5.74, 6) is 1.13. The van der Waals surface area contributed by atoms with Gasteiger partial charge in [0.05, 0.1) is 6.04 Å². The molecule has 1 unspecified atom stereocenters. The Balaban J connectivity index is 2.19. The van der Waals surface area contributed by atoms with Gasteiger partial charge in [0, 0.05) is 18.9 Å². The van der Waals surface area contributed by atoms with Gasteiger partial charge in [-0.15, -0.1) is 0 Å². The van der Waals surface area contributed by atoms with Crippen LogP contribution in [0, 0.1) is 13.8 Å². The maximum absolute atomic E-state index is 4.54. The van der Waals surface area contributed by atoms with Crippen LogP contribution in [0.25, 0.3) is 0 Å². The second-order valence-corrected chi connectivity index (χ2v) is 5.44. The molecule has 1 atom stereocenters. The standard InChI is InChI=1S/C17H25N3/c1-5-9-20-10-8-19-17(20)16(18-4)12-15-7-6-13(2)14(3)11-15/h6-8,10-11,16,18H,5,9,12H2,1-4H3. The minimum Gasteiger partial charge on any atom is -0.334 e. The van der Waals surface area contributed by atoms with Gasteiger partial charge in [0.2, 0.25) is 0 Å². The smallest absolute Gasteiger partial charge is 0.126 e. The average molecular weight is 271 g/mol. The van der Waals surface area contributed by atoms with Gasteiger partial charge < -0.3 is 9.88 Å². The van der Waals surface area contributed by atoms with Crippen LogP contribution >= 0.6 is 0 Å². The molecule has 1 aromatic carbocycles. The molecule has 2 rings (SSSR count). The lowest BCUT2D eigenvalue weighted by atomic mass is 10.0. The number of aryl methyl sites for hydroxylation is 3. The number of hydrogen-bond donors (Lipinski definition) is 1. The summed E-state index contributed by atoms with van der Waals surface area (Å²) in [6.45, 7) is 7.55. The predicted octanol–water partition coefficient (Wildman–Crippen LogP) is 3.41. The highest BCUT2D eigenvalue weighted by atomic mass is 15.1. The van der Waals surface area contributed by atoms with Crippen LogP contribution in [0.15, 0.2) is 30.6 Å². The molecule has 0 fully saturated rings.